The highest BCUT2D eigenvalue weighted by Gasteiger charge is 2.09. The van der Waals surface area contributed by atoms with Crippen molar-refractivity contribution in [2.45, 2.75) is 32.7 Å². The van der Waals surface area contributed by atoms with Crippen LogP contribution >= 0.6 is 23.2 Å². The Morgan fingerprint density at radius 1 is 1.25 bits per heavy atom. The lowest BCUT2D eigenvalue weighted by Crippen LogP contribution is -2.43. The summed E-state index contributed by atoms with van der Waals surface area (Å²) < 4.78 is 22.5. The van der Waals surface area contributed by atoms with Crippen molar-refractivity contribution in [1.29, 1.82) is 0 Å². The summed E-state index contributed by atoms with van der Waals surface area (Å²) in [7, 11) is -2.95. The molecule has 0 amide bonds. The maximum atomic E-state index is 11.2. The van der Waals surface area contributed by atoms with Gasteiger partial charge in [-0.1, -0.05) is 23.2 Å². The Morgan fingerprint density at radius 2 is 1.88 bits per heavy atom. The maximum absolute atomic E-state index is 11.2. The molecule has 0 saturated heterocycles. The van der Waals surface area contributed by atoms with E-state index in [0.717, 1.165) is 12.1 Å². The van der Waals surface area contributed by atoms with Crippen molar-refractivity contribution in [2.24, 2.45) is 4.99 Å². The van der Waals surface area contributed by atoms with Gasteiger partial charge in [0.15, 0.2) is 5.96 Å². The predicted molar refractivity (Wildman–Crippen MR) is 103 cm³/mol. The molecule has 0 aliphatic rings. The number of aliphatic imine (C=N–C) groups is 1. The quantitative estimate of drug-likeness (QED) is 0.526. The van der Waals surface area contributed by atoms with Gasteiger partial charge in [0.05, 0.1) is 5.75 Å². The van der Waals surface area contributed by atoms with Crippen molar-refractivity contribution in [3.05, 3.63) is 33.8 Å². The van der Waals surface area contributed by atoms with E-state index in [2.05, 4.69) is 15.6 Å². The van der Waals surface area contributed by atoms with Crippen LogP contribution < -0.4 is 10.6 Å². The Bertz CT molecular complexity index is 643. The summed E-state index contributed by atoms with van der Waals surface area (Å²) in [6.07, 6.45) is 2.50. The molecule has 1 aromatic carbocycles. The smallest absolute Gasteiger partial charge is 0.191 e. The Hall–Kier alpha value is -0.980. The van der Waals surface area contributed by atoms with E-state index in [-0.39, 0.29) is 11.8 Å². The number of nitrogens with one attached hydrogen (secondary N) is 2. The summed E-state index contributed by atoms with van der Waals surface area (Å²) in [5, 5.41) is 7.60. The van der Waals surface area contributed by atoms with Crippen molar-refractivity contribution in [2.75, 3.05) is 25.1 Å². The van der Waals surface area contributed by atoms with Gasteiger partial charge < -0.3 is 10.6 Å². The van der Waals surface area contributed by atoms with Gasteiger partial charge in [-0.15, -0.1) is 0 Å². The minimum atomic E-state index is -2.95. The predicted octanol–water partition coefficient (Wildman–Crippen LogP) is 2.91. The van der Waals surface area contributed by atoms with E-state index in [1.807, 2.05) is 26.0 Å². The topological polar surface area (TPSA) is 70.6 Å². The molecule has 0 aromatic heterocycles. The molecule has 1 atom stereocenters. The number of sulfone groups is 1. The average Bonchev–Trinajstić information content (AvgIpc) is 2.43. The van der Waals surface area contributed by atoms with Crippen LogP contribution in [-0.2, 0) is 16.3 Å². The zero-order chi connectivity index (χ0) is 18.2. The van der Waals surface area contributed by atoms with Gasteiger partial charge in [-0.25, -0.2) is 8.42 Å². The molecule has 1 rings (SSSR count). The number of nitrogens with zero attached hydrogens (tertiary/aromatic N) is 1. The van der Waals surface area contributed by atoms with E-state index in [0.29, 0.717) is 35.4 Å². The molecule has 5 nitrogen and oxygen atoms in total. The molecule has 1 aromatic rings. The lowest BCUT2D eigenvalue weighted by atomic mass is 10.1. The summed E-state index contributed by atoms with van der Waals surface area (Å²) in [5.41, 5.74) is 1.03. The van der Waals surface area contributed by atoms with Crippen molar-refractivity contribution < 1.29 is 8.42 Å². The molecule has 8 heteroatoms. The van der Waals surface area contributed by atoms with Crippen LogP contribution in [0, 0.1) is 0 Å². The average molecular weight is 394 g/mol. The van der Waals surface area contributed by atoms with Crippen molar-refractivity contribution in [1.82, 2.24) is 10.6 Å². The Morgan fingerprint density at radius 3 is 2.42 bits per heavy atom. The molecule has 0 radical (unpaired) electrons. The number of guanidine groups is 1. The minimum Gasteiger partial charge on any atom is -0.357 e. The second-order valence-electron chi connectivity index (χ2n) is 5.75. The second-order valence-corrected chi connectivity index (χ2v) is 8.88. The minimum absolute atomic E-state index is 0.0122. The van der Waals surface area contributed by atoms with Gasteiger partial charge in [0.2, 0.25) is 0 Å². The highest BCUT2D eigenvalue weighted by atomic mass is 35.5. The van der Waals surface area contributed by atoms with Crippen LogP contribution in [-0.4, -0.2) is 45.5 Å². The first-order chi connectivity index (χ1) is 11.2. The highest BCUT2D eigenvalue weighted by Crippen LogP contribution is 2.19. The normalized spacial score (nSPS) is 13.6. The van der Waals surface area contributed by atoms with Crippen molar-refractivity contribution in [3.63, 3.8) is 0 Å². The zero-order valence-corrected chi connectivity index (χ0v) is 16.6. The van der Waals surface area contributed by atoms with E-state index in [1.165, 1.54) is 6.26 Å². The van der Waals surface area contributed by atoms with Crippen LogP contribution in [0.15, 0.2) is 23.2 Å². The number of halogens is 2. The van der Waals surface area contributed by atoms with E-state index < -0.39 is 9.84 Å². The number of rotatable bonds is 8. The lowest BCUT2D eigenvalue weighted by Gasteiger charge is -2.17. The van der Waals surface area contributed by atoms with E-state index in [9.17, 15) is 8.42 Å². The fourth-order valence-electron chi connectivity index (χ4n) is 2.07. The molecular formula is C16H25Cl2N3O2S. The first kappa shape index (κ1) is 21.1. The van der Waals surface area contributed by atoms with E-state index in [4.69, 9.17) is 23.2 Å². The van der Waals surface area contributed by atoms with Crippen LogP contribution in [0.4, 0.5) is 0 Å². The van der Waals surface area contributed by atoms with Gasteiger partial charge in [0.1, 0.15) is 9.84 Å². The van der Waals surface area contributed by atoms with Crippen LogP contribution in [0.5, 0.6) is 0 Å². The first-order valence-electron chi connectivity index (χ1n) is 7.87. The molecule has 136 valence electrons. The summed E-state index contributed by atoms with van der Waals surface area (Å²) in [5.74, 6) is 0.827. The van der Waals surface area contributed by atoms with E-state index >= 15 is 0 Å². The molecule has 0 aliphatic carbocycles. The SMILES string of the molecule is CCNC(=NCCc1cc(Cl)cc(Cl)c1)NC(C)CCS(C)(=O)=O. The summed E-state index contributed by atoms with van der Waals surface area (Å²) in [6.45, 7) is 5.22. The van der Waals surface area contributed by atoms with Crippen LogP contribution in [0.2, 0.25) is 10.0 Å². The van der Waals surface area contributed by atoms with E-state index in [1.54, 1.807) is 6.07 Å². The highest BCUT2D eigenvalue weighted by molar-refractivity contribution is 7.90. The molecule has 2 N–H and O–H groups in total. The molecule has 0 saturated carbocycles. The molecule has 0 bridgehead atoms. The molecule has 1 unspecified atom stereocenters. The van der Waals surface area contributed by atoms with Gasteiger partial charge >= 0.3 is 0 Å². The fourth-order valence-corrected chi connectivity index (χ4v) is 3.42. The Kier molecular flexibility index (Phi) is 8.87. The molecule has 0 aliphatic heterocycles. The standard InChI is InChI=1S/C16H25Cl2N3O2S/c1-4-19-16(21-12(2)6-8-24(3,22)23)20-7-5-13-9-14(17)11-15(18)10-13/h9-12H,4-8H2,1-3H3,(H2,19,20,21). The largest absolute Gasteiger partial charge is 0.357 e. The summed E-state index contributed by atoms with van der Waals surface area (Å²) >= 11 is 12.0. The second kappa shape index (κ2) is 10.1. The molecular weight excluding hydrogens is 369 g/mol. The van der Waals surface area contributed by atoms with Crippen molar-refractivity contribution in [3.8, 4) is 0 Å². The summed E-state index contributed by atoms with van der Waals surface area (Å²) in [4.78, 5) is 4.51. The fraction of sp³-hybridized carbons (Fsp3) is 0.562. The van der Waals surface area contributed by atoms with Gasteiger partial charge in [-0.05, 0) is 50.5 Å². The van der Waals surface area contributed by atoms with Gasteiger partial charge in [-0.3, -0.25) is 4.99 Å². The van der Waals surface area contributed by atoms with Gasteiger partial charge in [0, 0.05) is 35.4 Å². The zero-order valence-electron chi connectivity index (χ0n) is 14.3. The Balaban J connectivity index is 2.58. The molecule has 24 heavy (non-hydrogen) atoms. The van der Waals surface area contributed by atoms with Crippen LogP contribution in [0.1, 0.15) is 25.8 Å². The van der Waals surface area contributed by atoms with Gasteiger partial charge in [0.25, 0.3) is 0 Å². The third-order valence-electron chi connectivity index (χ3n) is 3.24. The molecule has 0 heterocycles. The number of benzene rings is 1. The summed E-state index contributed by atoms with van der Waals surface area (Å²) in [6, 6.07) is 5.46. The lowest BCUT2D eigenvalue weighted by molar-refractivity contribution is 0.581. The van der Waals surface area contributed by atoms with Gasteiger partial charge in [-0.2, -0.15) is 0 Å². The molecule has 0 spiro atoms. The first-order valence-corrected chi connectivity index (χ1v) is 10.7. The van der Waals surface area contributed by atoms with Crippen molar-refractivity contribution >= 4 is 39.0 Å². The number of hydrogen-bond acceptors (Lipinski definition) is 3. The monoisotopic (exact) mass is 393 g/mol. The maximum Gasteiger partial charge on any atom is 0.191 e. The molecule has 0 fully saturated rings. The van der Waals surface area contributed by atoms with Crippen LogP contribution in [0.3, 0.4) is 0 Å². The van der Waals surface area contributed by atoms with Crippen LogP contribution in [0.25, 0.3) is 0 Å². The third kappa shape index (κ3) is 9.35. The number of hydrogen-bond donors (Lipinski definition) is 2. The Labute approximate surface area is 154 Å². The third-order valence-corrected chi connectivity index (χ3v) is 4.66.